The van der Waals surface area contributed by atoms with Gasteiger partial charge in [0.25, 0.3) is 0 Å². The second-order valence-electron chi connectivity index (χ2n) is 3.84. The fraction of sp³-hybridized carbons (Fsp3) is 0.900. The van der Waals surface area contributed by atoms with Crippen LogP contribution in [-0.2, 0) is 4.79 Å². The molecule has 2 unspecified atom stereocenters. The molecule has 76 valence electrons. The van der Waals surface area contributed by atoms with E-state index in [0.29, 0.717) is 6.04 Å². The lowest BCUT2D eigenvalue weighted by atomic mass is 9.99. The molecule has 1 aliphatic heterocycles. The third-order valence-electron chi connectivity index (χ3n) is 2.99. The molecule has 3 heteroatoms. The molecule has 1 aliphatic rings. The van der Waals surface area contributed by atoms with Crippen LogP contribution < -0.4 is 0 Å². The molecule has 1 fully saturated rings. The highest BCUT2D eigenvalue weighted by Gasteiger charge is 2.30. The van der Waals surface area contributed by atoms with Gasteiger partial charge in [-0.2, -0.15) is 0 Å². The monoisotopic (exact) mass is 185 g/mol. The van der Waals surface area contributed by atoms with Crippen molar-refractivity contribution < 1.29 is 9.90 Å². The van der Waals surface area contributed by atoms with Crippen molar-refractivity contribution in [3.05, 3.63) is 0 Å². The van der Waals surface area contributed by atoms with Crippen LogP contribution in [0.5, 0.6) is 0 Å². The topological polar surface area (TPSA) is 40.5 Å². The average Bonchev–Trinajstić information content (AvgIpc) is 2.16. The van der Waals surface area contributed by atoms with E-state index in [-0.39, 0.29) is 6.04 Å². The Bertz CT molecular complexity index is 182. The van der Waals surface area contributed by atoms with E-state index in [4.69, 9.17) is 5.11 Å². The highest BCUT2D eigenvalue weighted by Crippen LogP contribution is 2.20. The van der Waals surface area contributed by atoms with Crippen LogP contribution in [0.3, 0.4) is 0 Å². The summed E-state index contributed by atoms with van der Waals surface area (Å²) in [6, 6.07) is 0.171. The minimum absolute atomic E-state index is 0.233. The molecule has 0 amide bonds. The lowest BCUT2D eigenvalue weighted by molar-refractivity contribution is -0.145. The van der Waals surface area contributed by atoms with E-state index in [0.717, 1.165) is 32.2 Å². The van der Waals surface area contributed by atoms with Gasteiger partial charge in [0.15, 0.2) is 0 Å². The first kappa shape index (κ1) is 10.5. The highest BCUT2D eigenvalue weighted by molar-refractivity contribution is 5.73. The van der Waals surface area contributed by atoms with Crippen molar-refractivity contribution in [3.63, 3.8) is 0 Å². The zero-order chi connectivity index (χ0) is 9.84. The van der Waals surface area contributed by atoms with Gasteiger partial charge in [-0.1, -0.05) is 13.3 Å². The normalized spacial score (nSPS) is 27.1. The zero-order valence-electron chi connectivity index (χ0n) is 8.49. The second kappa shape index (κ2) is 4.61. The molecule has 1 saturated heterocycles. The summed E-state index contributed by atoms with van der Waals surface area (Å²) in [6.07, 6.45) is 4.06. The molecule has 0 aromatic heterocycles. The number of carboxylic acid groups (broad SMARTS) is 1. The largest absolute Gasteiger partial charge is 0.480 e. The first-order valence-electron chi connectivity index (χ1n) is 5.15. The molecule has 0 aromatic carbocycles. The maximum atomic E-state index is 10.9. The van der Waals surface area contributed by atoms with E-state index in [1.165, 1.54) is 0 Å². The van der Waals surface area contributed by atoms with Gasteiger partial charge in [-0.05, 0) is 32.7 Å². The van der Waals surface area contributed by atoms with E-state index in [1.807, 2.05) is 0 Å². The molecule has 13 heavy (non-hydrogen) atoms. The van der Waals surface area contributed by atoms with Crippen molar-refractivity contribution in [1.29, 1.82) is 0 Å². The Kier molecular flexibility index (Phi) is 3.72. The van der Waals surface area contributed by atoms with Crippen molar-refractivity contribution in [1.82, 2.24) is 4.90 Å². The van der Waals surface area contributed by atoms with E-state index in [9.17, 15) is 4.79 Å². The Balaban J connectivity index is 2.61. The summed E-state index contributed by atoms with van der Waals surface area (Å²) < 4.78 is 0. The summed E-state index contributed by atoms with van der Waals surface area (Å²) in [5.74, 6) is -0.653. The highest BCUT2D eigenvalue weighted by atomic mass is 16.4. The van der Waals surface area contributed by atoms with Crippen molar-refractivity contribution in [3.8, 4) is 0 Å². The maximum Gasteiger partial charge on any atom is 0.320 e. The molecule has 0 aromatic rings. The van der Waals surface area contributed by atoms with Crippen molar-refractivity contribution in [2.45, 2.75) is 51.6 Å². The number of piperidine rings is 1. The minimum atomic E-state index is -0.653. The van der Waals surface area contributed by atoms with Crippen LogP contribution in [0.2, 0.25) is 0 Å². The van der Waals surface area contributed by atoms with Gasteiger partial charge in [-0.3, -0.25) is 9.69 Å². The lowest BCUT2D eigenvalue weighted by Gasteiger charge is -2.37. The molecule has 0 spiro atoms. The third kappa shape index (κ3) is 2.44. The number of nitrogens with zero attached hydrogens (tertiary/aromatic N) is 1. The van der Waals surface area contributed by atoms with Gasteiger partial charge >= 0.3 is 5.97 Å². The van der Waals surface area contributed by atoms with Crippen LogP contribution >= 0.6 is 0 Å². The van der Waals surface area contributed by atoms with Crippen molar-refractivity contribution >= 4 is 5.97 Å². The molecular formula is C10H19NO2. The van der Waals surface area contributed by atoms with E-state index in [1.54, 1.807) is 0 Å². The SMILES string of the molecule is CCC(C)N1CCCCC1C(=O)O. The predicted octanol–water partition coefficient (Wildman–Crippen LogP) is 1.72. The average molecular weight is 185 g/mol. The van der Waals surface area contributed by atoms with Crippen LogP contribution in [0, 0.1) is 0 Å². The Morgan fingerprint density at radius 1 is 1.62 bits per heavy atom. The number of hydrogen-bond acceptors (Lipinski definition) is 2. The lowest BCUT2D eigenvalue weighted by Crippen LogP contribution is -2.48. The molecule has 1 N–H and O–H groups in total. The van der Waals surface area contributed by atoms with Gasteiger partial charge in [0.2, 0.25) is 0 Å². The molecule has 0 radical (unpaired) electrons. The third-order valence-corrected chi connectivity index (χ3v) is 2.99. The summed E-state index contributed by atoms with van der Waals surface area (Å²) in [6.45, 7) is 5.17. The number of carbonyl (C=O) groups is 1. The Hall–Kier alpha value is -0.570. The Morgan fingerprint density at radius 3 is 2.85 bits per heavy atom. The molecule has 0 saturated carbocycles. The fourth-order valence-corrected chi connectivity index (χ4v) is 1.98. The zero-order valence-corrected chi connectivity index (χ0v) is 8.49. The maximum absolute atomic E-state index is 10.9. The molecule has 0 bridgehead atoms. The molecule has 1 heterocycles. The standard InChI is InChI=1S/C10H19NO2/c1-3-8(2)11-7-5-4-6-9(11)10(12)13/h8-9H,3-7H2,1-2H3,(H,12,13). The number of rotatable bonds is 3. The summed E-state index contributed by atoms with van der Waals surface area (Å²) in [5, 5.41) is 9.01. The smallest absolute Gasteiger partial charge is 0.320 e. The Morgan fingerprint density at radius 2 is 2.31 bits per heavy atom. The van der Waals surface area contributed by atoms with Gasteiger partial charge in [0, 0.05) is 6.04 Å². The quantitative estimate of drug-likeness (QED) is 0.728. The van der Waals surface area contributed by atoms with Crippen LogP contribution in [0.15, 0.2) is 0 Å². The minimum Gasteiger partial charge on any atom is -0.480 e. The molecule has 3 nitrogen and oxygen atoms in total. The van der Waals surface area contributed by atoms with Gasteiger partial charge < -0.3 is 5.11 Å². The van der Waals surface area contributed by atoms with Crippen LogP contribution in [0.1, 0.15) is 39.5 Å². The summed E-state index contributed by atoms with van der Waals surface area (Å²) in [4.78, 5) is 13.1. The van der Waals surface area contributed by atoms with E-state index < -0.39 is 5.97 Å². The van der Waals surface area contributed by atoms with E-state index in [2.05, 4.69) is 18.7 Å². The summed E-state index contributed by atoms with van der Waals surface area (Å²) in [5.41, 5.74) is 0. The van der Waals surface area contributed by atoms with Crippen LogP contribution in [0.4, 0.5) is 0 Å². The first-order chi connectivity index (χ1) is 6.16. The van der Waals surface area contributed by atoms with Crippen molar-refractivity contribution in [2.75, 3.05) is 6.54 Å². The molecule has 2 atom stereocenters. The molecule has 1 rings (SSSR count). The van der Waals surface area contributed by atoms with E-state index >= 15 is 0 Å². The number of likely N-dealkylation sites (tertiary alicyclic amines) is 1. The number of hydrogen-bond donors (Lipinski definition) is 1. The van der Waals surface area contributed by atoms with Crippen LogP contribution in [-0.4, -0.2) is 34.6 Å². The fourth-order valence-electron chi connectivity index (χ4n) is 1.98. The Labute approximate surface area is 79.7 Å². The predicted molar refractivity (Wildman–Crippen MR) is 51.7 cm³/mol. The van der Waals surface area contributed by atoms with Gasteiger partial charge in [0.05, 0.1) is 0 Å². The van der Waals surface area contributed by atoms with Gasteiger partial charge in [-0.25, -0.2) is 0 Å². The van der Waals surface area contributed by atoms with Gasteiger partial charge in [0.1, 0.15) is 6.04 Å². The summed E-state index contributed by atoms with van der Waals surface area (Å²) in [7, 11) is 0. The van der Waals surface area contributed by atoms with Gasteiger partial charge in [-0.15, -0.1) is 0 Å². The molecular weight excluding hydrogens is 166 g/mol. The second-order valence-corrected chi connectivity index (χ2v) is 3.84. The summed E-state index contributed by atoms with van der Waals surface area (Å²) >= 11 is 0. The van der Waals surface area contributed by atoms with Crippen LogP contribution in [0.25, 0.3) is 0 Å². The number of carboxylic acids is 1. The number of aliphatic carboxylic acids is 1. The first-order valence-corrected chi connectivity index (χ1v) is 5.15. The molecule has 0 aliphatic carbocycles. The van der Waals surface area contributed by atoms with Crippen molar-refractivity contribution in [2.24, 2.45) is 0 Å².